The molecule has 2 heterocycles. The molecule has 0 bridgehead atoms. The lowest BCUT2D eigenvalue weighted by Crippen LogP contribution is -2.35. The van der Waals surface area contributed by atoms with Gasteiger partial charge in [0.2, 0.25) is 0 Å². The van der Waals surface area contributed by atoms with E-state index in [1.165, 1.54) is 37.9 Å². The number of benzene rings is 1. The summed E-state index contributed by atoms with van der Waals surface area (Å²) in [6, 6.07) is 8.81. The third-order valence-corrected chi connectivity index (χ3v) is 4.82. The highest BCUT2D eigenvalue weighted by molar-refractivity contribution is 5.28. The molecule has 116 valence electrons. The fraction of sp³-hybridized carbons (Fsp3) is 0.667. The lowest BCUT2D eigenvalue weighted by Gasteiger charge is -2.29. The number of ether oxygens (including phenoxy) is 1. The second kappa shape index (κ2) is 7.28. The molecule has 0 saturated carbocycles. The predicted molar refractivity (Wildman–Crippen MR) is 86.9 cm³/mol. The summed E-state index contributed by atoms with van der Waals surface area (Å²) in [5, 5.41) is 3.50. The summed E-state index contributed by atoms with van der Waals surface area (Å²) in [4.78, 5) is 2.38. The molecule has 0 aromatic heterocycles. The second-order valence-corrected chi connectivity index (χ2v) is 6.68. The van der Waals surface area contributed by atoms with E-state index in [0.29, 0.717) is 6.10 Å². The lowest BCUT2D eigenvalue weighted by atomic mass is 9.92. The summed E-state index contributed by atoms with van der Waals surface area (Å²) >= 11 is 0. The van der Waals surface area contributed by atoms with E-state index in [0.717, 1.165) is 37.6 Å². The van der Waals surface area contributed by atoms with Crippen LogP contribution in [-0.2, 0) is 6.42 Å². The maximum absolute atomic E-state index is 6.11. The van der Waals surface area contributed by atoms with Crippen molar-refractivity contribution >= 4 is 0 Å². The molecule has 0 aliphatic carbocycles. The van der Waals surface area contributed by atoms with Crippen LogP contribution in [0.3, 0.4) is 0 Å². The molecule has 3 heteroatoms. The van der Waals surface area contributed by atoms with Gasteiger partial charge in [-0.05, 0) is 75.9 Å². The molecule has 1 aromatic rings. The average molecular weight is 288 g/mol. The van der Waals surface area contributed by atoms with E-state index in [-0.39, 0.29) is 0 Å². The molecule has 0 radical (unpaired) electrons. The monoisotopic (exact) mass is 288 g/mol. The van der Waals surface area contributed by atoms with Gasteiger partial charge in [-0.15, -0.1) is 0 Å². The Balaban J connectivity index is 1.49. The maximum atomic E-state index is 6.11. The number of likely N-dealkylation sites (tertiary alicyclic amines) is 1. The van der Waals surface area contributed by atoms with Crippen molar-refractivity contribution in [3.8, 4) is 5.75 Å². The molecule has 3 rings (SSSR count). The Kier molecular flexibility index (Phi) is 5.15. The van der Waals surface area contributed by atoms with Gasteiger partial charge in [0.15, 0.2) is 0 Å². The molecule has 1 atom stereocenters. The Hall–Kier alpha value is -1.06. The summed E-state index contributed by atoms with van der Waals surface area (Å²) in [6.45, 7) is 4.67. The molecule has 2 fully saturated rings. The van der Waals surface area contributed by atoms with Crippen molar-refractivity contribution in [3.05, 3.63) is 29.8 Å². The summed E-state index contributed by atoms with van der Waals surface area (Å²) in [5.41, 5.74) is 1.44. The van der Waals surface area contributed by atoms with Crippen LogP contribution < -0.4 is 10.1 Å². The van der Waals surface area contributed by atoms with Crippen LogP contribution in [0.25, 0.3) is 0 Å². The van der Waals surface area contributed by atoms with Crippen LogP contribution >= 0.6 is 0 Å². The van der Waals surface area contributed by atoms with Crippen molar-refractivity contribution < 1.29 is 4.74 Å². The fourth-order valence-corrected chi connectivity index (χ4v) is 3.43. The van der Waals surface area contributed by atoms with Crippen LogP contribution in [0, 0.1) is 5.92 Å². The summed E-state index contributed by atoms with van der Waals surface area (Å²) in [5.74, 6) is 1.84. The topological polar surface area (TPSA) is 24.5 Å². The minimum atomic E-state index is 0.398. The molecule has 0 spiro atoms. The van der Waals surface area contributed by atoms with Gasteiger partial charge in [-0.25, -0.2) is 0 Å². The Labute approximate surface area is 128 Å². The molecule has 2 aliphatic rings. The highest BCUT2D eigenvalue weighted by atomic mass is 16.5. The van der Waals surface area contributed by atoms with Crippen LogP contribution in [0.1, 0.15) is 31.2 Å². The second-order valence-electron chi connectivity index (χ2n) is 6.68. The van der Waals surface area contributed by atoms with E-state index in [1.807, 2.05) is 0 Å². The van der Waals surface area contributed by atoms with E-state index in [4.69, 9.17) is 4.74 Å². The zero-order valence-corrected chi connectivity index (χ0v) is 13.2. The molecular weight excluding hydrogens is 260 g/mol. The number of rotatable bonds is 4. The van der Waals surface area contributed by atoms with Gasteiger partial charge >= 0.3 is 0 Å². The number of hydrogen-bond donors (Lipinski definition) is 1. The van der Waals surface area contributed by atoms with Gasteiger partial charge in [0, 0.05) is 13.1 Å². The highest BCUT2D eigenvalue weighted by Crippen LogP contribution is 2.21. The predicted octanol–water partition coefficient (Wildman–Crippen LogP) is 2.70. The number of hydrogen-bond acceptors (Lipinski definition) is 3. The molecule has 2 saturated heterocycles. The minimum Gasteiger partial charge on any atom is -0.490 e. The lowest BCUT2D eigenvalue weighted by molar-refractivity contribution is 0.114. The molecule has 1 unspecified atom stereocenters. The van der Waals surface area contributed by atoms with Crippen molar-refractivity contribution in [1.29, 1.82) is 0 Å². The Bertz CT molecular complexity index is 417. The van der Waals surface area contributed by atoms with E-state index < -0.39 is 0 Å². The molecule has 2 aliphatic heterocycles. The van der Waals surface area contributed by atoms with Crippen molar-refractivity contribution in [2.75, 3.05) is 33.2 Å². The number of nitrogens with zero attached hydrogens (tertiary/aromatic N) is 1. The van der Waals surface area contributed by atoms with Gasteiger partial charge in [0.25, 0.3) is 0 Å². The van der Waals surface area contributed by atoms with Crippen molar-refractivity contribution in [3.63, 3.8) is 0 Å². The summed E-state index contributed by atoms with van der Waals surface area (Å²) < 4.78 is 6.11. The van der Waals surface area contributed by atoms with Crippen LogP contribution in [0.2, 0.25) is 0 Å². The number of nitrogens with one attached hydrogen (secondary N) is 1. The van der Waals surface area contributed by atoms with Gasteiger partial charge < -0.3 is 15.0 Å². The number of piperidine rings is 2. The van der Waals surface area contributed by atoms with Crippen LogP contribution in [-0.4, -0.2) is 44.2 Å². The molecule has 21 heavy (non-hydrogen) atoms. The van der Waals surface area contributed by atoms with Crippen LogP contribution in [0.15, 0.2) is 24.3 Å². The summed E-state index contributed by atoms with van der Waals surface area (Å²) in [6.07, 6.45) is 6.57. The van der Waals surface area contributed by atoms with Gasteiger partial charge in [-0.1, -0.05) is 12.1 Å². The third kappa shape index (κ3) is 4.45. The zero-order chi connectivity index (χ0) is 14.5. The normalized spacial score (nSPS) is 24.9. The molecular formula is C18H28N2O. The largest absolute Gasteiger partial charge is 0.490 e. The quantitative estimate of drug-likeness (QED) is 0.922. The first kappa shape index (κ1) is 14.9. The average Bonchev–Trinajstić information content (AvgIpc) is 2.53. The first-order chi connectivity index (χ1) is 10.3. The van der Waals surface area contributed by atoms with Gasteiger partial charge in [0.05, 0.1) is 0 Å². The highest BCUT2D eigenvalue weighted by Gasteiger charge is 2.18. The van der Waals surface area contributed by atoms with E-state index in [2.05, 4.69) is 41.5 Å². The van der Waals surface area contributed by atoms with Crippen LogP contribution in [0.4, 0.5) is 0 Å². The molecule has 0 amide bonds. The van der Waals surface area contributed by atoms with Crippen molar-refractivity contribution in [2.45, 2.75) is 38.2 Å². The fourth-order valence-electron chi connectivity index (χ4n) is 3.43. The Morgan fingerprint density at radius 2 is 1.90 bits per heavy atom. The van der Waals surface area contributed by atoms with Gasteiger partial charge in [-0.2, -0.15) is 0 Å². The SMILES string of the molecule is CN1CCC(Oc2ccc(CC3CCCNC3)cc2)CC1. The molecule has 1 aromatic carbocycles. The van der Waals surface area contributed by atoms with E-state index in [9.17, 15) is 0 Å². The minimum absolute atomic E-state index is 0.398. The summed E-state index contributed by atoms with van der Waals surface area (Å²) in [7, 11) is 2.19. The Morgan fingerprint density at radius 3 is 2.57 bits per heavy atom. The third-order valence-electron chi connectivity index (χ3n) is 4.82. The van der Waals surface area contributed by atoms with Gasteiger partial charge in [-0.3, -0.25) is 0 Å². The standard InChI is InChI=1S/C18H28N2O/c1-20-11-8-18(9-12-20)21-17-6-4-15(5-7-17)13-16-3-2-10-19-14-16/h4-7,16,18-19H,2-3,8-14H2,1H3. The van der Waals surface area contributed by atoms with Crippen LogP contribution in [0.5, 0.6) is 5.75 Å². The van der Waals surface area contributed by atoms with E-state index in [1.54, 1.807) is 0 Å². The first-order valence-electron chi connectivity index (χ1n) is 8.44. The maximum Gasteiger partial charge on any atom is 0.119 e. The van der Waals surface area contributed by atoms with Crippen molar-refractivity contribution in [1.82, 2.24) is 10.2 Å². The van der Waals surface area contributed by atoms with Crippen molar-refractivity contribution in [2.24, 2.45) is 5.92 Å². The first-order valence-corrected chi connectivity index (χ1v) is 8.44. The Morgan fingerprint density at radius 1 is 1.14 bits per heavy atom. The molecule has 1 N–H and O–H groups in total. The van der Waals surface area contributed by atoms with E-state index >= 15 is 0 Å². The smallest absolute Gasteiger partial charge is 0.119 e. The zero-order valence-electron chi connectivity index (χ0n) is 13.2. The molecule has 3 nitrogen and oxygen atoms in total. The van der Waals surface area contributed by atoms with Gasteiger partial charge in [0.1, 0.15) is 11.9 Å².